The number of nitrogens with one attached hydrogen (secondary N) is 1. The summed E-state index contributed by atoms with van der Waals surface area (Å²) in [4.78, 5) is 19.7. The number of nitrogens with zero attached hydrogens (tertiary/aromatic N) is 2. The summed E-state index contributed by atoms with van der Waals surface area (Å²) in [6.07, 6.45) is 4.31. The number of carbonyl (C=O) groups excluding carboxylic acids is 1. The van der Waals surface area contributed by atoms with Gasteiger partial charge in [0.05, 0.1) is 35.1 Å². The Balaban J connectivity index is 0.00000289. The van der Waals surface area contributed by atoms with E-state index in [2.05, 4.69) is 56.4 Å². The molecule has 1 aromatic heterocycles. The third kappa shape index (κ3) is 3.92. The van der Waals surface area contributed by atoms with Gasteiger partial charge in [-0.3, -0.25) is 9.78 Å². The summed E-state index contributed by atoms with van der Waals surface area (Å²) in [6, 6.07) is 12.9. The Hall–Kier alpha value is -2.41. The average molecular weight is 484 g/mol. The fourth-order valence-corrected chi connectivity index (χ4v) is 8.69. The van der Waals surface area contributed by atoms with Gasteiger partial charge in [0.1, 0.15) is 0 Å². The number of pyridine rings is 1. The summed E-state index contributed by atoms with van der Waals surface area (Å²) in [5.74, 6) is 0.464. The van der Waals surface area contributed by atoms with Crippen molar-refractivity contribution in [2.45, 2.75) is 57.5 Å². The Morgan fingerprint density at radius 2 is 2.00 bits per heavy atom. The maximum absolute atomic E-state index is 13.2. The maximum Gasteiger partial charge on any atom is 0.226 e. The van der Waals surface area contributed by atoms with Crippen molar-refractivity contribution < 1.29 is 14.6 Å². The van der Waals surface area contributed by atoms with Crippen LogP contribution < -0.4 is 5.32 Å². The molecule has 1 saturated carbocycles. The first-order valence-electron chi connectivity index (χ1n) is 12.4. The van der Waals surface area contributed by atoms with Crippen molar-refractivity contribution in [1.29, 1.82) is 0 Å². The molecule has 2 aromatic rings. The summed E-state index contributed by atoms with van der Waals surface area (Å²) < 4.78 is 23.9. The van der Waals surface area contributed by atoms with Gasteiger partial charge in [0.25, 0.3) is 0 Å². The standard InChI is InChI=1S/C27H35N3O3S.H2/c1-5-24(30(4)26(31)20-12-18-15-34(32,33)16-21(18)20)23-11-10-19(14-28-23)29-25-13-17-8-6-7-9-22(17)27(25,2)3;/h6-11,14,18,20-21,24-25,29H,5,12-13,15-16H2,1-4H3;1H/t18?,20?,21?,24-,25?;/m1./s1. The van der Waals surface area contributed by atoms with E-state index in [4.69, 9.17) is 4.98 Å². The van der Waals surface area contributed by atoms with Crippen LogP contribution in [0.2, 0.25) is 0 Å². The van der Waals surface area contributed by atoms with Crippen molar-refractivity contribution in [2.75, 3.05) is 23.9 Å². The predicted octanol–water partition coefficient (Wildman–Crippen LogP) is 4.23. The van der Waals surface area contributed by atoms with Crippen LogP contribution in [0, 0.1) is 17.8 Å². The van der Waals surface area contributed by atoms with Gasteiger partial charge in [0.15, 0.2) is 9.84 Å². The quantitative estimate of drug-likeness (QED) is 0.665. The van der Waals surface area contributed by atoms with Crippen LogP contribution in [0.25, 0.3) is 0 Å². The number of hydrogen-bond donors (Lipinski definition) is 1. The van der Waals surface area contributed by atoms with Crippen molar-refractivity contribution in [1.82, 2.24) is 9.88 Å². The highest BCUT2D eigenvalue weighted by Crippen LogP contribution is 2.48. The molecule has 6 nitrogen and oxygen atoms in total. The molecule has 5 rings (SSSR count). The van der Waals surface area contributed by atoms with E-state index >= 15 is 0 Å². The molecule has 184 valence electrons. The normalized spacial score (nSPS) is 28.9. The van der Waals surface area contributed by atoms with Crippen LogP contribution in [0.1, 0.15) is 57.9 Å². The molecule has 2 heterocycles. The summed E-state index contributed by atoms with van der Waals surface area (Å²) >= 11 is 0. The van der Waals surface area contributed by atoms with Gasteiger partial charge in [-0.1, -0.05) is 45.0 Å². The third-order valence-electron chi connectivity index (χ3n) is 8.59. The van der Waals surface area contributed by atoms with Gasteiger partial charge in [0, 0.05) is 25.8 Å². The van der Waals surface area contributed by atoms with E-state index in [0.29, 0.717) is 6.42 Å². The number of aromatic nitrogens is 1. The predicted molar refractivity (Wildman–Crippen MR) is 136 cm³/mol. The lowest BCUT2D eigenvalue weighted by molar-refractivity contribution is -0.144. The summed E-state index contributed by atoms with van der Waals surface area (Å²) in [5.41, 5.74) is 4.68. The largest absolute Gasteiger partial charge is 0.380 e. The monoisotopic (exact) mass is 483 g/mol. The summed E-state index contributed by atoms with van der Waals surface area (Å²) in [6.45, 7) is 6.63. The second kappa shape index (κ2) is 8.36. The van der Waals surface area contributed by atoms with E-state index in [1.165, 1.54) is 11.1 Å². The SMILES string of the molecule is CC[C@H](c1ccc(NC2Cc3ccccc3C2(C)C)cn1)N(C)C(=O)C1CC2CS(=O)(=O)CC21.[HH]. The van der Waals surface area contributed by atoms with Gasteiger partial charge in [-0.15, -0.1) is 0 Å². The molecule has 0 radical (unpaired) electrons. The molecular weight excluding hydrogens is 446 g/mol. The van der Waals surface area contributed by atoms with Gasteiger partial charge >= 0.3 is 0 Å². The van der Waals surface area contributed by atoms with Gasteiger partial charge in [-0.2, -0.15) is 0 Å². The Labute approximate surface area is 204 Å². The first kappa shape index (κ1) is 23.3. The van der Waals surface area contributed by atoms with Crippen molar-refractivity contribution in [3.05, 3.63) is 59.4 Å². The number of fused-ring (bicyclic) bond motifs is 2. The summed E-state index contributed by atoms with van der Waals surface area (Å²) in [7, 11) is -1.15. The van der Waals surface area contributed by atoms with Crippen LogP contribution in [0.3, 0.4) is 0 Å². The Bertz CT molecular complexity index is 1200. The lowest BCUT2D eigenvalue weighted by Crippen LogP contribution is -2.47. The molecule has 1 aromatic carbocycles. The zero-order valence-electron chi connectivity index (χ0n) is 20.5. The van der Waals surface area contributed by atoms with E-state index in [1.54, 1.807) is 4.90 Å². The first-order valence-corrected chi connectivity index (χ1v) is 14.2. The van der Waals surface area contributed by atoms with Crippen LogP contribution in [0.15, 0.2) is 42.6 Å². The molecule has 7 heteroatoms. The third-order valence-corrected chi connectivity index (χ3v) is 10.4. The van der Waals surface area contributed by atoms with E-state index in [-0.39, 0.29) is 54.1 Å². The minimum Gasteiger partial charge on any atom is -0.380 e. The Morgan fingerprint density at radius 3 is 2.65 bits per heavy atom. The fraction of sp³-hybridized carbons (Fsp3) is 0.556. The number of hydrogen-bond acceptors (Lipinski definition) is 5. The number of amides is 1. The van der Waals surface area contributed by atoms with Crippen LogP contribution in [-0.4, -0.2) is 48.8 Å². The molecule has 3 aliphatic rings. The van der Waals surface area contributed by atoms with Crippen molar-refractivity contribution >= 4 is 21.4 Å². The van der Waals surface area contributed by atoms with Crippen LogP contribution in [-0.2, 0) is 26.5 Å². The molecule has 0 spiro atoms. The number of anilines is 1. The minimum absolute atomic E-state index is 0. The van der Waals surface area contributed by atoms with E-state index in [0.717, 1.165) is 24.2 Å². The second-order valence-corrected chi connectivity index (χ2v) is 13.1. The lowest BCUT2D eigenvalue weighted by atomic mass is 9.66. The van der Waals surface area contributed by atoms with Gasteiger partial charge in [-0.25, -0.2) is 8.42 Å². The van der Waals surface area contributed by atoms with Crippen molar-refractivity contribution in [2.24, 2.45) is 17.8 Å². The minimum atomic E-state index is -2.98. The topological polar surface area (TPSA) is 79.4 Å². The second-order valence-electron chi connectivity index (χ2n) is 11.0. The molecule has 1 N–H and O–H groups in total. The van der Waals surface area contributed by atoms with Crippen LogP contribution in [0.4, 0.5) is 5.69 Å². The molecule has 1 amide bonds. The number of carbonyl (C=O) groups is 1. The van der Waals surface area contributed by atoms with Crippen molar-refractivity contribution in [3.63, 3.8) is 0 Å². The maximum atomic E-state index is 13.2. The lowest BCUT2D eigenvalue weighted by Gasteiger charge is -2.41. The molecule has 0 bridgehead atoms. The van der Waals surface area contributed by atoms with Gasteiger partial charge in [0.2, 0.25) is 5.91 Å². The van der Waals surface area contributed by atoms with Crippen LogP contribution in [0.5, 0.6) is 0 Å². The zero-order valence-corrected chi connectivity index (χ0v) is 21.3. The molecule has 2 fully saturated rings. The first-order chi connectivity index (χ1) is 16.1. The Morgan fingerprint density at radius 1 is 1.24 bits per heavy atom. The highest BCUT2D eigenvalue weighted by atomic mass is 32.2. The van der Waals surface area contributed by atoms with Crippen molar-refractivity contribution in [3.8, 4) is 0 Å². The van der Waals surface area contributed by atoms with Crippen LogP contribution >= 0.6 is 0 Å². The summed E-state index contributed by atoms with van der Waals surface area (Å²) in [5, 5.41) is 3.68. The highest BCUT2D eigenvalue weighted by Gasteiger charge is 2.53. The molecular formula is C27H37N3O3S. The van der Waals surface area contributed by atoms with E-state index in [1.807, 2.05) is 19.3 Å². The Kier molecular flexibility index (Phi) is 5.74. The molecule has 4 unspecified atom stereocenters. The van der Waals surface area contributed by atoms with Gasteiger partial charge < -0.3 is 10.2 Å². The fourth-order valence-electron chi connectivity index (χ4n) is 6.43. The number of rotatable bonds is 6. The van der Waals surface area contributed by atoms with E-state index in [9.17, 15) is 13.2 Å². The molecule has 34 heavy (non-hydrogen) atoms. The molecule has 5 atom stereocenters. The zero-order chi connectivity index (χ0) is 24.3. The average Bonchev–Trinajstić information content (AvgIpc) is 3.19. The van der Waals surface area contributed by atoms with Gasteiger partial charge in [-0.05, 0) is 54.4 Å². The van der Waals surface area contributed by atoms with E-state index < -0.39 is 9.84 Å². The number of benzene rings is 1. The molecule has 1 saturated heterocycles. The smallest absolute Gasteiger partial charge is 0.226 e. The highest BCUT2D eigenvalue weighted by molar-refractivity contribution is 7.91. The number of sulfone groups is 1. The molecule has 2 aliphatic carbocycles. The molecule has 1 aliphatic heterocycles.